The van der Waals surface area contributed by atoms with Gasteiger partial charge in [0.25, 0.3) is 11.8 Å². The number of β-lactam (4-membered cyclic amide) rings is 1. The highest BCUT2D eigenvalue weighted by molar-refractivity contribution is 8.00. The van der Waals surface area contributed by atoms with Crippen molar-refractivity contribution in [2.24, 2.45) is 0 Å². The van der Waals surface area contributed by atoms with Gasteiger partial charge in [0.05, 0.1) is 0 Å². The first kappa shape index (κ1) is 19.9. The number of aliphatic carboxylic acids is 1. The number of ether oxygens (including phenoxy) is 1. The van der Waals surface area contributed by atoms with E-state index in [0.29, 0.717) is 16.9 Å². The van der Waals surface area contributed by atoms with Crippen molar-refractivity contribution in [2.45, 2.75) is 32.2 Å². The molecule has 8 nitrogen and oxygen atoms in total. The van der Waals surface area contributed by atoms with E-state index in [1.54, 1.807) is 12.1 Å². The fraction of sp³-hybridized carbons (Fsp3) is 0.368. The van der Waals surface area contributed by atoms with Gasteiger partial charge in [0.1, 0.15) is 23.7 Å². The summed E-state index contributed by atoms with van der Waals surface area (Å²) < 4.78 is 4.90. The standard InChI is InChI=1S/C19H20N2O6S/c1-9-4-10(2)6-12(5-9)16(23)20-14-17(24)21-15(19(25)26)13(7-27-11(3)22)8-28-18(14)21/h4-6,14,18H,7-8H2,1-3H3,(H,20,23)(H,25,26)/t14-,18+/m0/s1. The number of fused-ring (bicyclic) bond motifs is 1. The van der Waals surface area contributed by atoms with Gasteiger partial charge in [-0.05, 0) is 26.0 Å². The highest BCUT2D eigenvalue weighted by Gasteiger charge is 2.54. The van der Waals surface area contributed by atoms with Crippen molar-refractivity contribution in [1.29, 1.82) is 0 Å². The van der Waals surface area contributed by atoms with Crippen LogP contribution in [0.2, 0.25) is 0 Å². The number of benzene rings is 1. The van der Waals surface area contributed by atoms with Gasteiger partial charge in [-0.25, -0.2) is 4.79 Å². The van der Waals surface area contributed by atoms with E-state index in [-0.39, 0.29) is 18.2 Å². The van der Waals surface area contributed by atoms with Crippen LogP contribution in [0.4, 0.5) is 0 Å². The zero-order valence-electron chi connectivity index (χ0n) is 15.6. The fourth-order valence-electron chi connectivity index (χ4n) is 3.31. The molecule has 2 heterocycles. The molecule has 1 fully saturated rings. The van der Waals surface area contributed by atoms with Crippen molar-refractivity contribution in [1.82, 2.24) is 10.2 Å². The fourth-order valence-corrected chi connectivity index (χ4v) is 4.64. The van der Waals surface area contributed by atoms with Crippen LogP contribution in [0.25, 0.3) is 0 Å². The van der Waals surface area contributed by atoms with Crippen LogP contribution in [-0.2, 0) is 19.1 Å². The molecule has 0 aliphatic carbocycles. The Morgan fingerprint density at radius 3 is 2.46 bits per heavy atom. The molecule has 2 aliphatic heterocycles. The molecule has 1 aromatic carbocycles. The number of nitrogens with zero attached hydrogens (tertiary/aromatic N) is 1. The zero-order valence-corrected chi connectivity index (χ0v) is 16.5. The first-order valence-electron chi connectivity index (χ1n) is 8.61. The molecule has 9 heteroatoms. The van der Waals surface area contributed by atoms with Crippen molar-refractivity contribution >= 4 is 35.5 Å². The number of carboxylic acids is 1. The van der Waals surface area contributed by atoms with Gasteiger partial charge >= 0.3 is 11.9 Å². The summed E-state index contributed by atoms with van der Waals surface area (Å²) >= 11 is 1.33. The van der Waals surface area contributed by atoms with Crippen LogP contribution in [0.3, 0.4) is 0 Å². The Morgan fingerprint density at radius 1 is 1.25 bits per heavy atom. The first-order valence-corrected chi connectivity index (χ1v) is 9.66. The van der Waals surface area contributed by atoms with E-state index in [1.165, 1.54) is 18.7 Å². The smallest absolute Gasteiger partial charge is 0.352 e. The van der Waals surface area contributed by atoms with Crippen molar-refractivity contribution < 1.29 is 29.0 Å². The van der Waals surface area contributed by atoms with Crippen LogP contribution in [0.1, 0.15) is 28.4 Å². The summed E-state index contributed by atoms with van der Waals surface area (Å²) in [5, 5.41) is 11.7. The average molecular weight is 404 g/mol. The van der Waals surface area contributed by atoms with Crippen molar-refractivity contribution in [2.75, 3.05) is 12.4 Å². The van der Waals surface area contributed by atoms with Crippen molar-refractivity contribution in [3.8, 4) is 0 Å². The van der Waals surface area contributed by atoms with E-state index in [4.69, 9.17) is 4.74 Å². The number of thioether (sulfide) groups is 1. The number of amides is 2. The minimum Gasteiger partial charge on any atom is -0.477 e. The van der Waals surface area contributed by atoms with Gasteiger partial charge in [0.15, 0.2) is 0 Å². The van der Waals surface area contributed by atoms with E-state index in [9.17, 15) is 24.3 Å². The lowest BCUT2D eigenvalue weighted by Gasteiger charge is -2.49. The molecule has 3 rings (SSSR count). The second-order valence-electron chi connectivity index (χ2n) is 6.77. The Balaban J connectivity index is 1.77. The third kappa shape index (κ3) is 3.75. The van der Waals surface area contributed by atoms with Gasteiger partial charge < -0.3 is 15.2 Å². The largest absolute Gasteiger partial charge is 0.477 e. The summed E-state index contributed by atoms with van der Waals surface area (Å²) in [6, 6.07) is 4.61. The molecule has 0 unspecified atom stereocenters. The number of carbonyl (C=O) groups is 4. The summed E-state index contributed by atoms with van der Waals surface area (Å²) in [6.07, 6.45) is 0. The Bertz CT molecular complexity index is 889. The second kappa shape index (κ2) is 7.67. The predicted molar refractivity (Wildman–Crippen MR) is 102 cm³/mol. The minimum atomic E-state index is -1.26. The number of carbonyl (C=O) groups excluding carboxylic acids is 3. The maximum atomic E-state index is 12.6. The maximum Gasteiger partial charge on any atom is 0.352 e. The monoisotopic (exact) mass is 404 g/mol. The maximum absolute atomic E-state index is 12.6. The Kier molecular flexibility index (Phi) is 5.46. The quantitative estimate of drug-likeness (QED) is 0.560. The van der Waals surface area contributed by atoms with Crippen LogP contribution in [0, 0.1) is 13.8 Å². The summed E-state index contributed by atoms with van der Waals surface area (Å²) in [5.41, 5.74) is 2.51. The number of aryl methyl sites for hydroxylation is 2. The Labute approximate surface area is 165 Å². The molecule has 1 aromatic rings. The molecule has 0 saturated carbocycles. The third-order valence-corrected chi connectivity index (χ3v) is 5.81. The molecule has 0 bridgehead atoms. The van der Waals surface area contributed by atoms with E-state index in [2.05, 4.69) is 5.32 Å². The number of nitrogens with one attached hydrogen (secondary N) is 1. The average Bonchev–Trinajstić information content (AvgIpc) is 2.62. The molecule has 0 aromatic heterocycles. The lowest BCUT2D eigenvalue weighted by Crippen LogP contribution is -2.70. The number of hydrogen-bond acceptors (Lipinski definition) is 6. The molecule has 28 heavy (non-hydrogen) atoms. The van der Waals surface area contributed by atoms with Gasteiger partial charge in [-0.15, -0.1) is 11.8 Å². The van der Waals surface area contributed by atoms with E-state index < -0.39 is 29.3 Å². The number of hydrogen-bond donors (Lipinski definition) is 2. The van der Waals surface area contributed by atoms with Crippen LogP contribution < -0.4 is 5.32 Å². The third-order valence-electron chi connectivity index (χ3n) is 4.47. The SMILES string of the molecule is CC(=O)OCC1=C(C(=O)O)N2C(=O)[C@H](NC(=O)c3cc(C)cc(C)c3)[C@H]2SC1. The van der Waals surface area contributed by atoms with Gasteiger partial charge in [-0.3, -0.25) is 19.3 Å². The molecular weight excluding hydrogens is 384 g/mol. The Morgan fingerprint density at radius 2 is 1.89 bits per heavy atom. The van der Waals surface area contributed by atoms with Crippen molar-refractivity contribution in [3.05, 3.63) is 46.2 Å². The molecule has 0 radical (unpaired) electrons. The molecule has 2 amide bonds. The highest BCUT2D eigenvalue weighted by atomic mass is 32.2. The van der Waals surface area contributed by atoms with E-state index in [1.807, 2.05) is 19.9 Å². The highest BCUT2D eigenvalue weighted by Crippen LogP contribution is 2.40. The van der Waals surface area contributed by atoms with Gasteiger partial charge in [0, 0.05) is 23.8 Å². The van der Waals surface area contributed by atoms with Crippen LogP contribution in [0.5, 0.6) is 0 Å². The lowest BCUT2D eigenvalue weighted by atomic mass is 10.0. The first-order chi connectivity index (χ1) is 13.2. The normalized spacial score (nSPS) is 21.0. The summed E-state index contributed by atoms with van der Waals surface area (Å²) in [4.78, 5) is 49.0. The molecule has 2 aliphatic rings. The molecule has 2 atom stereocenters. The molecule has 148 valence electrons. The van der Waals surface area contributed by atoms with E-state index in [0.717, 1.165) is 16.0 Å². The second-order valence-corrected chi connectivity index (χ2v) is 7.88. The lowest BCUT2D eigenvalue weighted by molar-refractivity contribution is -0.149. The molecule has 0 spiro atoms. The Hall–Kier alpha value is -2.81. The topological polar surface area (TPSA) is 113 Å². The van der Waals surface area contributed by atoms with Gasteiger partial charge in [-0.1, -0.05) is 17.2 Å². The molecule has 1 saturated heterocycles. The predicted octanol–water partition coefficient (Wildman–Crippen LogP) is 1.22. The summed E-state index contributed by atoms with van der Waals surface area (Å²) in [7, 11) is 0. The van der Waals surface area contributed by atoms with Crippen LogP contribution in [-0.4, -0.2) is 57.5 Å². The molecule has 2 N–H and O–H groups in total. The summed E-state index contributed by atoms with van der Waals surface area (Å²) in [6.45, 7) is 4.81. The van der Waals surface area contributed by atoms with Crippen LogP contribution >= 0.6 is 11.8 Å². The van der Waals surface area contributed by atoms with Crippen LogP contribution in [0.15, 0.2) is 29.5 Å². The number of carboxylic acid groups (broad SMARTS) is 1. The van der Waals surface area contributed by atoms with E-state index >= 15 is 0 Å². The number of rotatable bonds is 5. The van der Waals surface area contributed by atoms with Gasteiger partial charge in [0.2, 0.25) is 0 Å². The van der Waals surface area contributed by atoms with Gasteiger partial charge in [-0.2, -0.15) is 0 Å². The minimum absolute atomic E-state index is 0.174. The zero-order chi connectivity index (χ0) is 20.6. The number of esters is 1. The van der Waals surface area contributed by atoms with Crippen molar-refractivity contribution in [3.63, 3.8) is 0 Å². The summed E-state index contributed by atoms with van der Waals surface area (Å²) in [5.74, 6) is -2.37. The molecular formula is C19H20N2O6S.